The van der Waals surface area contributed by atoms with Crippen LogP contribution in [0.1, 0.15) is 5.01 Å². The molecule has 0 spiro atoms. The van der Waals surface area contributed by atoms with Gasteiger partial charge in [0, 0.05) is 0 Å². The van der Waals surface area contributed by atoms with E-state index < -0.39 is 0 Å². The predicted molar refractivity (Wildman–Crippen MR) is 65.9 cm³/mol. The molecule has 0 unspecified atom stereocenters. The molecular weight excluding hydrogens is 287 g/mol. The zero-order valence-corrected chi connectivity index (χ0v) is 10.8. The van der Waals surface area contributed by atoms with Gasteiger partial charge in [-0.3, -0.25) is 0 Å². The van der Waals surface area contributed by atoms with Gasteiger partial charge >= 0.3 is 103 Å². The standard InChI is InChI=1S/C10H8N4SSe/c1-2-7(10-8(3-1)13-16-14-10)12-6-9-11-4-5-15-9/h1-5,12H,6H2. The van der Waals surface area contributed by atoms with Crippen LogP contribution in [-0.4, -0.2) is 27.9 Å². The van der Waals surface area contributed by atoms with Gasteiger partial charge in [-0.2, -0.15) is 0 Å². The topological polar surface area (TPSA) is 50.7 Å². The normalized spacial score (nSPS) is 10.8. The van der Waals surface area contributed by atoms with Gasteiger partial charge in [-0.15, -0.1) is 0 Å². The number of hydrogen-bond donors (Lipinski definition) is 1. The maximum absolute atomic E-state index is 4.42. The van der Waals surface area contributed by atoms with Crippen LogP contribution in [0.25, 0.3) is 11.0 Å². The fourth-order valence-corrected chi connectivity index (χ4v) is 3.17. The molecule has 0 amide bonds. The number of hydrogen-bond acceptors (Lipinski definition) is 5. The Morgan fingerprint density at radius 2 is 2.31 bits per heavy atom. The second-order valence-electron chi connectivity index (χ2n) is 3.22. The molecule has 0 saturated carbocycles. The maximum atomic E-state index is 4.42. The average molecular weight is 295 g/mol. The van der Waals surface area contributed by atoms with Crippen molar-refractivity contribution in [1.29, 1.82) is 0 Å². The summed E-state index contributed by atoms with van der Waals surface area (Å²) in [5.74, 6) is 0. The number of nitrogens with zero attached hydrogens (tertiary/aromatic N) is 3. The van der Waals surface area contributed by atoms with Gasteiger partial charge in [0.25, 0.3) is 0 Å². The van der Waals surface area contributed by atoms with E-state index in [9.17, 15) is 0 Å². The first kappa shape index (κ1) is 9.96. The molecule has 0 fully saturated rings. The Balaban J connectivity index is 1.86. The molecule has 0 atom stereocenters. The molecular formula is C10H8N4SSe. The Morgan fingerprint density at radius 1 is 1.31 bits per heavy atom. The Labute approximate surface area is 103 Å². The van der Waals surface area contributed by atoms with Crippen LogP contribution in [0.4, 0.5) is 5.69 Å². The molecule has 3 aromatic rings. The van der Waals surface area contributed by atoms with Crippen molar-refractivity contribution in [3.8, 4) is 0 Å². The van der Waals surface area contributed by atoms with Crippen molar-refractivity contribution < 1.29 is 0 Å². The van der Waals surface area contributed by atoms with Gasteiger partial charge in [-0.1, -0.05) is 0 Å². The van der Waals surface area contributed by atoms with Crippen LogP contribution in [0.3, 0.4) is 0 Å². The number of rotatable bonds is 3. The fourth-order valence-electron chi connectivity index (χ4n) is 1.46. The number of benzene rings is 1. The molecule has 16 heavy (non-hydrogen) atoms. The Kier molecular flexibility index (Phi) is 2.70. The first-order chi connectivity index (χ1) is 7.93. The quantitative estimate of drug-likeness (QED) is 0.748. The third-order valence-electron chi connectivity index (χ3n) is 2.20. The molecule has 6 heteroatoms. The van der Waals surface area contributed by atoms with Crippen molar-refractivity contribution in [2.45, 2.75) is 6.54 Å². The van der Waals surface area contributed by atoms with Gasteiger partial charge in [0.2, 0.25) is 0 Å². The van der Waals surface area contributed by atoms with Crippen molar-refractivity contribution in [3.63, 3.8) is 0 Å². The summed E-state index contributed by atoms with van der Waals surface area (Å²) >= 11 is 1.68. The van der Waals surface area contributed by atoms with Gasteiger partial charge in [0.15, 0.2) is 0 Å². The van der Waals surface area contributed by atoms with E-state index in [0.717, 1.165) is 28.3 Å². The minimum atomic E-state index is 0.0291. The van der Waals surface area contributed by atoms with E-state index in [1.807, 2.05) is 29.8 Å². The van der Waals surface area contributed by atoms with E-state index in [-0.39, 0.29) is 15.0 Å². The molecule has 2 aromatic heterocycles. The van der Waals surface area contributed by atoms with Gasteiger partial charge in [-0.25, -0.2) is 0 Å². The fraction of sp³-hybridized carbons (Fsp3) is 0.100. The van der Waals surface area contributed by atoms with Crippen molar-refractivity contribution in [3.05, 3.63) is 34.8 Å². The number of anilines is 1. The second-order valence-corrected chi connectivity index (χ2v) is 5.30. The summed E-state index contributed by atoms with van der Waals surface area (Å²) in [7, 11) is 0. The van der Waals surface area contributed by atoms with E-state index in [1.54, 1.807) is 11.3 Å². The first-order valence-electron chi connectivity index (χ1n) is 4.77. The van der Waals surface area contributed by atoms with Crippen LogP contribution in [0.2, 0.25) is 0 Å². The van der Waals surface area contributed by atoms with Crippen LogP contribution < -0.4 is 5.32 Å². The first-order valence-corrected chi connectivity index (χ1v) is 7.18. The van der Waals surface area contributed by atoms with Crippen LogP contribution in [-0.2, 0) is 6.54 Å². The summed E-state index contributed by atoms with van der Waals surface area (Å²) in [5, 5.41) is 6.41. The van der Waals surface area contributed by atoms with E-state index >= 15 is 0 Å². The van der Waals surface area contributed by atoms with Gasteiger partial charge in [0.05, 0.1) is 0 Å². The van der Waals surface area contributed by atoms with Gasteiger partial charge in [-0.05, 0) is 0 Å². The van der Waals surface area contributed by atoms with Crippen LogP contribution in [0.15, 0.2) is 29.8 Å². The molecule has 3 rings (SSSR count). The number of nitrogens with one attached hydrogen (secondary N) is 1. The molecule has 0 saturated heterocycles. The molecule has 0 aliphatic rings. The summed E-state index contributed by atoms with van der Waals surface area (Å²) < 4.78 is 8.76. The second kappa shape index (κ2) is 4.33. The van der Waals surface area contributed by atoms with Gasteiger partial charge < -0.3 is 0 Å². The molecule has 80 valence electrons. The average Bonchev–Trinajstić information content (AvgIpc) is 2.97. The number of thiazole rings is 1. The van der Waals surface area contributed by atoms with Crippen molar-refractivity contribution in [1.82, 2.24) is 12.9 Å². The zero-order valence-electron chi connectivity index (χ0n) is 8.25. The molecule has 4 nitrogen and oxygen atoms in total. The van der Waals surface area contributed by atoms with Crippen molar-refractivity contribution in [2.24, 2.45) is 0 Å². The summed E-state index contributed by atoms with van der Waals surface area (Å²) in [6.07, 6.45) is 1.82. The van der Waals surface area contributed by atoms with Gasteiger partial charge in [0.1, 0.15) is 0 Å². The zero-order chi connectivity index (χ0) is 10.8. The van der Waals surface area contributed by atoms with Crippen LogP contribution in [0.5, 0.6) is 0 Å². The number of aromatic nitrogens is 3. The summed E-state index contributed by atoms with van der Waals surface area (Å²) in [4.78, 5) is 4.23. The SMILES string of the molecule is c1cc(NCc2nccs2)c2n[se]nc2c1. The van der Waals surface area contributed by atoms with Crippen molar-refractivity contribution in [2.75, 3.05) is 5.32 Å². The van der Waals surface area contributed by atoms with Crippen LogP contribution >= 0.6 is 11.3 Å². The Bertz CT molecular complexity index is 590. The minimum absolute atomic E-state index is 0.0291. The Morgan fingerprint density at radius 3 is 3.19 bits per heavy atom. The van der Waals surface area contributed by atoms with E-state index in [4.69, 9.17) is 0 Å². The molecule has 1 N–H and O–H groups in total. The van der Waals surface area contributed by atoms with Crippen molar-refractivity contribution >= 4 is 43.0 Å². The Hall–Kier alpha value is -1.23. The van der Waals surface area contributed by atoms with E-state index in [1.165, 1.54) is 0 Å². The van der Waals surface area contributed by atoms with E-state index in [0.29, 0.717) is 0 Å². The third-order valence-corrected chi connectivity index (χ3v) is 4.12. The summed E-state index contributed by atoms with van der Waals surface area (Å²) in [6, 6.07) is 6.04. The number of fused-ring (bicyclic) bond motifs is 1. The van der Waals surface area contributed by atoms with Crippen LogP contribution in [0, 0.1) is 0 Å². The molecule has 0 aliphatic carbocycles. The molecule has 2 heterocycles. The third kappa shape index (κ3) is 1.87. The molecule has 0 bridgehead atoms. The van der Waals surface area contributed by atoms with E-state index in [2.05, 4.69) is 18.3 Å². The predicted octanol–water partition coefficient (Wildman–Crippen LogP) is 1.76. The molecule has 0 radical (unpaired) electrons. The molecule has 1 aromatic carbocycles. The monoisotopic (exact) mass is 296 g/mol. The summed E-state index contributed by atoms with van der Waals surface area (Å²) in [5.41, 5.74) is 3.05. The summed E-state index contributed by atoms with van der Waals surface area (Å²) in [6.45, 7) is 0.747. The molecule has 0 aliphatic heterocycles.